The minimum Gasteiger partial charge on any atom is -0.478 e. The van der Waals surface area contributed by atoms with Crippen LogP contribution in [0, 0.1) is 12.3 Å². The van der Waals surface area contributed by atoms with Gasteiger partial charge in [-0.15, -0.1) is 6.42 Å². The summed E-state index contributed by atoms with van der Waals surface area (Å²) in [5.74, 6) is 2.26. The third-order valence-electron chi connectivity index (χ3n) is 2.49. The molecule has 4 heteroatoms. The van der Waals surface area contributed by atoms with Gasteiger partial charge in [-0.3, -0.25) is 0 Å². The quantitative estimate of drug-likeness (QED) is 0.802. The molecule has 2 N–H and O–H groups in total. The number of terminal acetylenes is 1. The zero-order valence-corrected chi connectivity index (χ0v) is 11.1. The summed E-state index contributed by atoms with van der Waals surface area (Å²) in [6.45, 7) is 7.59. The van der Waals surface area contributed by atoms with Crippen LogP contribution in [0.25, 0.3) is 0 Å². The average molecular weight is 246 g/mol. The molecule has 0 saturated carbocycles. The monoisotopic (exact) mass is 246 g/mol. The fourth-order valence-corrected chi connectivity index (χ4v) is 1.39. The van der Waals surface area contributed by atoms with Crippen LogP contribution in [0.3, 0.4) is 0 Å². The van der Waals surface area contributed by atoms with Crippen molar-refractivity contribution in [3.8, 4) is 12.3 Å². The Balaban J connectivity index is 3.20. The van der Waals surface area contributed by atoms with Gasteiger partial charge < -0.3 is 10.4 Å². The van der Waals surface area contributed by atoms with Crippen LogP contribution in [0.1, 0.15) is 49.7 Å². The number of aromatic nitrogens is 1. The fraction of sp³-hybridized carbons (Fsp3) is 0.429. The van der Waals surface area contributed by atoms with Crippen molar-refractivity contribution >= 4 is 11.8 Å². The number of hydrogen-bond acceptors (Lipinski definition) is 3. The van der Waals surface area contributed by atoms with E-state index < -0.39 is 11.5 Å². The highest BCUT2D eigenvalue weighted by Gasteiger charge is 2.17. The Kier molecular flexibility index (Phi) is 3.97. The van der Waals surface area contributed by atoms with Crippen LogP contribution in [-0.2, 0) is 0 Å². The van der Waals surface area contributed by atoms with Crippen molar-refractivity contribution in [1.29, 1.82) is 0 Å². The van der Waals surface area contributed by atoms with Gasteiger partial charge in [0.2, 0.25) is 0 Å². The lowest BCUT2D eigenvalue weighted by Gasteiger charge is -2.21. The maximum atomic E-state index is 11.1. The molecule has 0 saturated heterocycles. The summed E-state index contributed by atoms with van der Waals surface area (Å²) >= 11 is 0. The molecule has 1 aromatic rings. The van der Waals surface area contributed by atoms with Gasteiger partial charge in [0.15, 0.2) is 0 Å². The second-order valence-corrected chi connectivity index (χ2v) is 5.02. The summed E-state index contributed by atoms with van der Waals surface area (Å²) in [5.41, 5.74) is 0.368. The first-order valence-electron chi connectivity index (χ1n) is 5.76. The predicted molar refractivity (Wildman–Crippen MR) is 71.8 cm³/mol. The van der Waals surface area contributed by atoms with E-state index in [2.05, 4.69) is 16.2 Å². The second-order valence-electron chi connectivity index (χ2n) is 5.02. The first kappa shape index (κ1) is 14.0. The van der Waals surface area contributed by atoms with Gasteiger partial charge in [0.1, 0.15) is 5.82 Å². The van der Waals surface area contributed by atoms with Crippen molar-refractivity contribution in [3.63, 3.8) is 0 Å². The van der Waals surface area contributed by atoms with Crippen molar-refractivity contribution in [2.45, 2.75) is 39.2 Å². The Bertz CT molecular complexity index is 499. The maximum absolute atomic E-state index is 11.1. The molecule has 0 aliphatic heterocycles. The van der Waals surface area contributed by atoms with E-state index in [1.165, 1.54) is 6.07 Å². The Labute approximate surface area is 107 Å². The van der Waals surface area contributed by atoms with Crippen LogP contribution >= 0.6 is 0 Å². The van der Waals surface area contributed by atoms with E-state index in [9.17, 15) is 4.79 Å². The molecule has 0 spiro atoms. The van der Waals surface area contributed by atoms with Crippen molar-refractivity contribution in [1.82, 2.24) is 4.98 Å². The molecular formula is C14H18N2O2. The first-order valence-corrected chi connectivity index (χ1v) is 5.76. The molecule has 0 radical (unpaired) electrons. The van der Waals surface area contributed by atoms with Crippen LogP contribution in [0.15, 0.2) is 12.1 Å². The van der Waals surface area contributed by atoms with Crippen LogP contribution in [0.5, 0.6) is 0 Å². The number of anilines is 1. The molecule has 96 valence electrons. The molecule has 0 fully saturated rings. The van der Waals surface area contributed by atoms with Crippen LogP contribution in [-0.4, -0.2) is 21.6 Å². The Morgan fingerprint density at radius 3 is 2.56 bits per heavy atom. The summed E-state index contributed by atoms with van der Waals surface area (Å²) < 4.78 is 0. The smallest absolute Gasteiger partial charge is 0.335 e. The SMILES string of the molecule is C#CC(C)(C)Nc1cc(C(=O)O)cc(C(C)C)n1. The number of carboxylic acid groups (broad SMARTS) is 1. The van der Waals surface area contributed by atoms with E-state index >= 15 is 0 Å². The summed E-state index contributed by atoms with van der Waals surface area (Å²) in [7, 11) is 0. The Morgan fingerprint density at radius 1 is 1.50 bits per heavy atom. The number of hydrogen-bond donors (Lipinski definition) is 2. The average Bonchev–Trinajstić information content (AvgIpc) is 2.27. The Morgan fingerprint density at radius 2 is 2.11 bits per heavy atom. The number of carboxylic acids is 1. The normalized spacial score (nSPS) is 11.1. The van der Waals surface area contributed by atoms with Crippen molar-refractivity contribution in [2.24, 2.45) is 0 Å². The van der Waals surface area contributed by atoms with Gasteiger partial charge in [0.05, 0.1) is 11.1 Å². The lowest BCUT2D eigenvalue weighted by molar-refractivity contribution is 0.0696. The fourth-order valence-electron chi connectivity index (χ4n) is 1.39. The molecule has 0 aliphatic rings. The van der Waals surface area contributed by atoms with Crippen LogP contribution < -0.4 is 5.32 Å². The van der Waals surface area contributed by atoms with Gasteiger partial charge in [0, 0.05) is 5.69 Å². The number of pyridine rings is 1. The molecule has 0 aliphatic carbocycles. The van der Waals surface area contributed by atoms with Gasteiger partial charge in [-0.05, 0) is 31.9 Å². The third-order valence-corrected chi connectivity index (χ3v) is 2.49. The second kappa shape index (κ2) is 5.09. The van der Waals surface area contributed by atoms with Crippen molar-refractivity contribution < 1.29 is 9.90 Å². The molecule has 0 unspecified atom stereocenters. The molecule has 1 aromatic heterocycles. The summed E-state index contributed by atoms with van der Waals surface area (Å²) in [6.07, 6.45) is 5.39. The zero-order valence-electron chi connectivity index (χ0n) is 11.1. The summed E-state index contributed by atoms with van der Waals surface area (Å²) in [5, 5.41) is 12.1. The van der Waals surface area contributed by atoms with Crippen molar-refractivity contribution in [3.05, 3.63) is 23.4 Å². The molecule has 0 amide bonds. The highest BCUT2D eigenvalue weighted by Crippen LogP contribution is 2.20. The molecule has 1 heterocycles. The standard InChI is InChI=1S/C14H18N2O2/c1-6-14(4,5)16-12-8-10(13(17)18)7-11(15-12)9(2)3/h1,7-9H,2-5H3,(H,15,16)(H,17,18). The number of carbonyl (C=O) groups is 1. The summed E-state index contributed by atoms with van der Waals surface area (Å²) in [6, 6.07) is 3.08. The minimum atomic E-state index is -0.971. The molecule has 4 nitrogen and oxygen atoms in total. The Hall–Kier alpha value is -2.02. The largest absolute Gasteiger partial charge is 0.478 e. The van der Waals surface area contributed by atoms with E-state index in [4.69, 9.17) is 11.5 Å². The maximum Gasteiger partial charge on any atom is 0.335 e. The van der Waals surface area contributed by atoms with E-state index in [1.54, 1.807) is 6.07 Å². The van der Waals surface area contributed by atoms with Crippen LogP contribution in [0.4, 0.5) is 5.82 Å². The molecular weight excluding hydrogens is 228 g/mol. The molecule has 0 aromatic carbocycles. The number of nitrogens with one attached hydrogen (secondary N) is 1. The topological polar surface area (TPSA) is 62.2 Å². The van der Waals surface area contributed by atoms with Crippen LogP contribution in [0.2, 0.25) is 0 Å². The van der Waals surface area contributed by atoms with Gasteiger partial charge in [-0.1, -0.05) is 19.8 Å². The van der Waals surface area contributed by atoms with E-state index in [1.807, 2.05) is 27.7 Å². The van der Waals surface area contributed by atoms with Crippen molar-refractivity contribution in [2.75, 3.05) is 5.32 Å². The van der Waals surface area contributed by atoms with Gasteiger partial charge >= 0.3 is 5.97 Å². The molecule has 0 bridgehead atoms. The van der Waals surface area contributed by atoms with Gasteiger partial charge in [-0.2, -0.15) is 0 Å². The lowest BCUT2D eigenvalue weighted by Crippen LogP contribution is -2.29. The highest BCUT2D eigenvalue weighted by molar-refractivity contribution is 5.88. The van der Waals surface area contributed by atoms with Gasteiger partial charge in [0.25, 0.3) is 0 Å². The first-order chi connectivity index (χ1) is 8.25. The van der Waals surface area contributed by atoms with Gasteiger partial charge in [-0.25, -0.2) is 9.78 Å². The predicted octanol–water partition coefficient (Wildman–Crippen LogP) is 2.73. The van der Waals surface area contributed by atoms with E-state index in [-0.39, 0.29) is 11.5 Å². The summed E-state index contributed by atoms with van der Waals surface area (Å²) in [4.78, 5) is 15.4. The van der Waals surface area contributed by atoms with E-state index in [0.29, 0.717) is 5.82 Å². The zero-order chi connectivity index (χ0) is 13.9. The molecule has 18 heavy (non-hydrogen) atoms. The molecule has 1 rings (SSSR count). The number of aromatic carboxylic acids is 1. The number of nitrogens with zero attached hydrogens (tertiary/aromatic N) is 1. The van der Waals surface area contributed by atoms with E-state index in [0.717, 1.165) is 5.69 Å². The third kappa shape index (κ3) is 3.49. The minimum absolute atomic E-state index is 0.152. The number of rotatable bonds is 4. The molecule has 0 atom stereocenters. The highest BCUT2D eigenvalue weighted by atomic mass is 16.4. The lowest BCUT2D eigenvalue weighted by atomic mass is 10.1.